The SMILES string of the molecule is CCOC(=O)C1(c2ccccc2)CC[C@@H](C(=O)NCCNC(=O)c2ccccc2OC)c2ccccc21. The van der Waals surface area contributed by atoms with Gasteiger partial charge in [0, 0.05) is 13.1 Å². The van der Waals surface area contributed by atoms with Crippen molar-refractivity contribution < 1.29 is 23.9 Å². The molecule has 0 bridgehead atoms. The van der Waals surface area contributed by atoms with E-state index in [0.29, 0.717) is 24.2 Å². The van der Waals surface area contributed by atoms with Gasteiger partial charge in [-0.25, -0.2) is 0 Å². The van der Waals surface area contributed by atoms with E-state index in [1.807, 2.05) is 54.6 Å². The summed E-state index contributed by atoms with van der Waals surface area (Å²) in [5.41, 5.74) is 1.96. The van der Waals surface area contributed by atoms with E-state index in [4.69, 9.17) is 9.47 Å². The first-order valence-corrected chi connectivity index (χ1v) is 12.5. The molecule has 1 aliphatic carbocycles. The second-order valence-electron chi connectivity index (χ2n) is 8.92. The third kappa shape index (κ3) is 5.21. The van der Waals surface area contributed by atoms with Crippen molar-refractivity contribution >= 4 is 17.8 Å². The van der Waals surface area contributed by atoms with Gasteiger partial charge in [-0.15, -0.1) is 0 Å². The van der Waals surface area contributed by atoms with Crippen LogP contribution in [0.3, 0.4) is 0 Å². The normalized spacial score (nSPS) is 18.3. The minimum Gasteiger partial charge on any atom is -0.496 e. The Hall–Kier alpha value is -4.13. The van der Waals surface area contributed by atoms with Crippen LogP contribution < -0.4 is 15.4 Å². The molecular formula is C30H32N2O5. The summed E-state index contributed by atoms with van der Waals surface area (Å²) in [5, 5.41) is 5.77. The van der Waals surface area contributed by atoms with E-state index in [1.165, 1.54) is 7.11 Å². The number of amides is 2. The number of benzene rings is 3. The maximum Gasteiger partial charge on any atom is 0.321 e. The van der Waals surface area contributed by atoms with Gasteiger partial charge < -0.3 is 20.1 Å². The first kappa shape index (κ1) is 25.9. The van der Waals surface area contributed by atoms with Crippen molar-refractivity contribution in [2.75, 3.05) is 26.8 Å². The summed E-state index contributed by atoms with van der Waals surface area (Å²) in [7, 11) is 1.52. The Labute approximate surface area is 217 Å². The molecule has 0 aliphatic heterocycles. The number of hydrogen-bond donors (Lipinski definition) is 2. The van der Waals surface area contributed by atoms with Crippen molar-refractivity contribution in [1.82, 2.24) is 10.6 Å². The molecular weight excluding hydrogens is 468 g/mol. The predicted octanol–water partition coefficient (Wildman–Crippen LogP) is 3.97. The number of fused-ring (bicyclic) bond motifs is 1. The number of carbonyl (C=O) groups excluding carboxylic acids is 3. The summed E-state index contributed by atoms with van der Waals surface area (Å²) in [4.78, 5) is 39.2. The Kier molecular flexibility index (Phi) is 8.23. The number of ether oxygens (including phenoxy) is 2. The highest BCUT2D eigenvalue weighted by Crippen LogP contribution is 2.47. The van der Waals surface area contributed by atoms with Crippen molar-refractivity contribution in [3.8, 4) is 5.75 Å². The van der Waals surface area contributed by atoms with E-state index in [2.05, 4.69) is 10.6 Å². The second kappa shape index (κ2) is 11.7. The molecule has 3 aromatic rings. The number of nitrogens with one attached hydrogen (secondary N) is 2. The minimum absolute atomic E-state index is 0.135. The van der Waals surface area contributed by atoms with Crippen LogP contribution in [0.2, 0.25) is 0 Å². The van der Waals surface area contributed by atoms with Crippen LogP contribution in [-0.2, 0) is 19.7 Å². The minimum atomic E-state index is -0.965. The van der Waals surface area contributed by atoms with Gasteiger partial charge in [0.1, 0.15) is 11.2 Å². The Bertz CT molecular complexity index is 1260. The summed E-state index contributed by atoms with van der Waals surface area (Å²) in [6.07, 6.45) is 0.944. The van der Waals surface area contributed by atoms with Crippen molar-refractivity contribution in [3.05, 3.63) is 101 Å². The fourth-order valence-corrected chi connectivity index (χ4v) is 5.13. The van der Waals surface area contributed by atoms with Gasteiger partial charge in [-0.3, -0.25) is 14.4 Å². The average molecular weight is 501 g/mol. The molecule has 2 atom stereocenters. The van der Waals surface area contributed by atoms with Crippen LogP contribution in [0, 0.1) is 0 Å². The van der Waals surface area contributed by atoms with Crippen LogP contribution in [-0.4, -0.2) is 44.6 Å². The standard InChI is InChI=1S/C30H32N2O5/c1-3-37-29(35)30(21-11-5-4-6-12-21)18-17-23(22-13-7-9-15-25(22)30)27(33)31-19-20-32-28(34)24-14-8-10-16-26(24)36-2/h4-16,23H,3,17-20H2,1-2H3,(H,31,33)(H,32,34)/t23-,30?/m1/s1. The van der Waals surface area contributed by atoms with Gasteiger partial charge >= 0.3 is 5.97 Å². The maximum absolute atomic E-state index is 13.4. The van der Waals surface area contributed by atoms with Gasteiger partial charge in [0.05, 0.1) is 25.2 Å². The number of methoxy groups -OCH3 is 1. The van der Waals surface area contributed by atoms with Crippen LogP contribution in [0.15, 0.2) is 78.9 Å². The van der Waals surface area contributed by atoms with E-state index in [-0.39, 0.29) is 37.5 Å². The van der Waals surface area contributed by atoms with Gasteiger partial charge in [-0.1, -0.05) is 66.7 Å². The summed E-state index contributed by atoms with van der Waals surface area (Å²) in [5.74, 6) is -0.619. The topological polar surface area (TPSA) is 93.7 Å². The zero-order valence-corrected chi connectivity index (χ0v) is 21.2. The molecule has 0 heterocycles. The highest BCUT2D eigenvalue weighted by atomic mass is 16.5. The van der Waals surface area contributed by atoms with Gasteiger partial charge in [0.15, 0.2) is 0 Å². The second-order valence-corrected chi connectivity index (χ2v) is 8.92. The van der Waals surface area contributed by atoms with Crippen LogP contribution in [0.5, 0.6) is 5.75 Å². The van der Waals surface area contributed by atoms with Crippen molar-refractivity contribution in [2.24, 2.45) is 0 Å². The summed E-state index contributed by atoms with van der Waals surface area (Å²) in [6.45, 7) is 2.63. The van der Waals surface area contributed by atoms with Gasteiger partial charge in [0.25, 0.3) is 5.91 Å². The monoisotopic (exact) mass is 500 g/mol. The Morgan fingerprint density at radius 1 is 0.892 bits per heavy atom. The quantitative estimate of drug-likeness (QED) is 0.343. The average Bonchev–Trinajstić information content (AvgIpc) is 2.95. The Balaban J connectivity index is 1.49. The molecule has 4 rings (SSSR count). The summed E-state index contributed by atoms with van der Waals surface area (Å²) >= 11 is 0. The van der Waals surface area contributed by atoms with Crippen LogP contribution in [0.25, 0.3) is 0 Å². The Morgan fingerprint density at radius 3 is 2.32 bits per heavy atom. The van der Waals surface area contributed by atoms with E-state index < -0.39 is 11.3 Å². The molecule has 0 saturated heterocycles. The molecule has 0 radical (unpaired) electrons. The molecule has 1 aliphatic rings. The molecule has 0 fully saturated rings. The molecule has 192 valence electrons. The lowest BCUT2D eigenvalue weighted by atomic mass is 9.63. The molecule has 0 spiro atoms. The maximum atomic E-state index is 13.4. The molecule has 1 unspecified atom stereocenters. The summed E-state index contributed by atoms with van der Waals surface area (Å²) < 4.78 is 10.8. The van der Waals surface area contributed by atoms with Crippen molar-refractivity contribution in [2.45, 2.75) is 31.1 Å². The predicted molar refractivity (Wildman–Crippen MR) is 141 cm³/mol. The van der Waals surface area contributed by atoms with Crippen LogP contribution in [0.4, 0.5) is 0 Å². The van der Waals surface area contributed by atoms with Gasteiger partial charge in [0.2, 0.25) is 5.91 Å². The number of hydrogen-bond acceptors (Lipinski definition) is 5. The number of rotatable bonds is 9. The third-order valence-electron chi connectivity index (χ3n) is 6.87. The van der Waals surface area contributed by atoms with Crippen molar-refractivity contribution in [1.29, 1.82) is 0 Å². The Morgan fingerprint density at radius 2 is 1.57 bits per heavy atom. The lowest BCUT2D eigenvalue weighted by Crippen LogP contribution is -2.45. The number of para-hydroxylation sites is 1. The summed E-state index contributed by atoms with van der Waals surface area (Å²) in [6, 6.07) is 24.2. The van der Waals surface area contributed by atoms with Gasteiger partial charge in [-0.2, -0.15) is 0 Å². The molecule has 7 nitrogen and oxygen atoms in total. The highest BCUT2D eigenvalue weighted by Gasteiger charge is 2.49. The first-order chi connectivity index (χ1) is 18.0. The number of esters is 1. The highest BCUT2D eigenvalue weighted by molar-refractivity contribution is 5.97. The zero-order chi connectivity index (χ0) is 26.3. The van der Waals surface area contributed by atoms with E-state index in [9.17, 15) is 14.4 Å². The smallest absolute Gasteiger partial charge is 0.321 e. The molecule has 2 N–H and O–H groups in total. The zero-order valence-electron chi connectivity index (χ0n) is 21.2. The molecule has 2 amide bonds. The van der Waals surface area contributed by atoms with Crippen molar-refractivity contribution in [3.63, 3.8) is 0 Å². The fourth-order valence-electron chi connectivity index (χ4n) is 5.13. The fraction of sp³-hybridized carbons (Fsp3) is 0.300. The van der Waals surface area contributed by atoms with Gasteiger partial charge in [-0.05, 0) is 48.6 Å². The lowest BCUT2D eigenvalue weighted by molar-refractivity contribution is -0.149. The van der Waals surface area contributed by atoms with E-state index >= 15 is 0 Å². The van der Waals surface area contributed by atoms with Crippen LogP contribution in [0.1, 0.15) is 52.7 Å². The molecule has 0 aromatic heterocycles. The molecule has 37 heavy (non-hydrogen) atoms. The molecule has 0 saturated carbocycles. The van der Waals surface area contributed by atoms with E-state index in [0.717, 1.165) is 16.7 Å². The largest absolute Gasteiger partial charge is 0.496 e. The first-order valence-electron chi connectivity index (χ1n) is 12.5. The van der Waals surface area contributed by atoms with Crippen LogP contribution >= 0.6 is 0 Å². The lowest BCUT2D eigenvalue weighted by Gasteiger charge is -2.40. The number of carbonyl (C=O) groups is 3. The van der Waals surface area contributed by atoms with E-state index in [1.54, 1.807) is 31.2 Å². The molecule has 7 heteroatoms. The third-order valence-corrected chi connectivity index (χ3v) is 6.87. The molecule has 3 aromatic carbocycles.